The number of ether oxygens (including phenoxy) is 3. The fourth-order valence-corrected chi connectivity index (χ4v) is 1.62. The predicted molar refractivity (Wildman–Crippen MR) is 54.5 cm³/mol. The highest BCUT2D eigenvalue weighted by Crippen LogP contribution is 2.13. The first-order valence-corrected chi connectivity index (χ1v) is 5.53. The van der Waals surface area contributed by atoms with Gasteiger partial charge < -0.3 is 14.2 Å². The molecule has 0 amide bonds. The fraction of sp³-hybridized carbons (Fsp3) is 0.889. The van der Waals surface area contributed by atoms with Crippen molar-refractivity contribution < 1.29 is 19.0 Å². The van der Waals surface area contributed by atoms with Crippen LogP contribution in [0.1, 0.15) is 6.42 Å². The Morgan fingerprint density at radius 1 is 1.71 bits per heavy atom. The minimum atomic E-state index is -0.366. The van der Waals surface area contributed by atoms with Crippen molar-refractivity contribution in [1.29, 1.82) is 0 Å². The van der Waals surface area contributed by atoms with E-state index in [4.69, 9.17) is 9.47 Å². The van der Waals surface area contributed by atoms with Crippen molar-refractivity contribution in [2.75, 3.05) is 33.5 Å². The van der Waals surface area contributed by atoms with Crippen LogP contribution in [0.25, 0.3) is 0 Å². The summed E-state index contributed by atoms with van der Waals surface area (Å²) in [5.41, 5.74) is 0. The fourth-order valence-electron chi connectivity index (χ4n) is 1.25. The van der Waals surface area contributed by atoms with Crippen LogP contribution in [0.5, 0.6) is 0 Å². The SMILES string of the molecule is COC(=O)C(Br)COCC1CCOC1. The molecule has 5 heteroatoms. The van der Waals surface area contributed by atoms with Crippen LogP contribution in [0.4, 0.5) is 0 Å². The maximum absolute atomic E-state index is 11.0. The summed E-state index contributed by atoms with van der Waals surface area (Å²) in [4.78, 5) is 10.6. The van der Waals surface area contributed by atoms with Crippen LogP contribution >= 0.6 is 15.9 Å². The third-order valence-electron chi connectivity index (χ3n) is 2.10. The summed E-state index contributed by atoms with van der Waals surface area (Å²) in [5, 5.41) is 0. The molecule has 0 radical (unpaired) electrons. The van der Waals surface area contributed by atoms with Gasteiger partial charge in [0, 0.05) is 12.5 Å². The van der Waals surface area contributed by atoms with Gasteiger partial charge in [-0.3, -0.25) is 4.79 Å². The quantitative estimate of drug-likeness (QED) is 0.550. The molecule has 0 saturated carbocycles. The van der Waals surface area contributed by atoms with Crippen molar-refractivity contribution >= 4 is 21.9 Å². The molecule has 0 aromatic rings. The number of alkyl halides is 1. The highest BCUT2D eigenvalue weighted by atomic mass is 79.9. The first kappa shape index (κ1) is 11.9. The second-order valence-corrected chi connectivity index (χ2v) is 4.36. The number of esters is 1. The Balaban J connectivity index is 2.05. The van der Waals surface area contributed by atoms with Gasteiger partial charge in [0.05, 0.1) is 26.9 Å². The number of hydrogen-bond donors (Lipinski definition) is 0. The molecular formula is C9H15BrO4. The Labute approximate surface area is 92.0 Å². The van der Waals surface area contributed by atoms with E-state index in [0.717, 1.165) is 19.6 Å². The van der Waals surface area contributed by atoms with Crippen molar-refractivity contribution in [2.24, 2.45) is 5.92 Å². The molecule has 0 spiro atoms. The first-order chi connectivity index (χ1) is 6.74. The van der Waals surface area contributed by atoms with Gasteiger partial charge in [0.15, 0.2) is 0 Å². The van der Waals surface area contributed by atoms with E-state index in [1.807, 2.05) is 0 Å². The van der Waals surface area contributed by atoms with E-state index in [1.54, 1.807) is 0 Å². The summed E-state index contributed by atoms with van der Waals surface area (Å²) < 4.78 is 15.1. The molecule has 1 aliphatic rings. The van der Waals surface area contributed by atoms with Gasteiger partial charge in [-0.15, -0.1) is 0 Å². The Bertz CT molecular complexity index is 180. The van der Waals surface area contributed by atoms with Crippen LogP contribution in [0.2, 0.25) is 0 Å². The lowest BCUT2D eigenvalue weighted by atomic mass is 10.1. The molecule has 0 aromatic heterocycles. The predicted octanol–water partition coefficient (Wildman–Crippen LogP) is 0.976. The molecule has 2 unspecified atom stereocenters. The average molecular weight is 267 g/mol. The van der Waals surface area contributed by atoms with Crippen LogP contribution in [-0.4, -0.2) is 44.3 Å². The molecule has 14 heavy (non-hydrogen) atoms. The van der Waals surface area contributed by atoms with E-state index >= 15 is 0 Å². The number of carbonyl (C=O) groups excluding carboxylic acids is 1. The molecular weight excluding hydrogens is 252 g/mol. The maximum Gasteiger partial charge on any atom is 0.321 e. The van der Waals surface area contributed by atoms with Crippen molar-refractivity contribution in [3.8, 4) is 0 Å². The number of halogens is 1. The average Bonchev–Trinajstić information content (AvgIpc) is 2.69. The van der Waals surface area contributed by atoms with E-state index in [0.29, 0.717) is 19.1 Å². The number of methoxy groups -OCH3 is 1. The molecule has 0 N–H and O–H groups in total. The topological polar surface area (TPSA) is 44.8 Å². The second kappa shape index (κ2) is 6.37. The minimum Gasteiger partial charge on any atom is -0.468 e. The molecule has 1 saturated heterocycles. The van der Waals surface area contributed by atoms with Gasteiger partial charge in [-0.2, -0.15) is 0 Å². The molecule has 4 nitrogen and oxygen atoms in total. The molecule has 0 bridgehead atoms. The molecule has 1 aliphatic heterocycles. The monoisotopic (exact) mass is 266 g/mol. The lowest BCUT2D eigenvalue weighted by Crippen LogP contribution is -2.23. The van der Waals surface area contributed by atoms with Crippen molar-refractivity contribution in [3.05, 3.63) is 0 Å². The zero-order valence-corrected chi connectivity index (χ0v) is 9.79. The summed E-state index contributed by atoms with van der Waals surface area (Å²) in [6.45, 7) is 2.59. The number of hydrogen-bond acceptors (Lipinski definition) is 4. The Kier molecular flexibility index (Phi) is 5.44. The molecule has 82 valence electrons. The van der Waals surface area contributed by atoms with Crippen molar-refractivity contribution in [1.82, 2.24) is 0 Å². The first-order valence-electron chi connectivity index (χ1n) is 4.61. The third kappa shape index (κ3) is 3.94. The molecule has 1 heterocycles. The van der Waals surface area contributed by atoms with Crippen LogP contribution in [0.3, 0.4) is 0 Å². The van der Waals surface area contributed by atoms with Crippen molar-refractivity contribution in [3.63, 3.8) is 0 Å². The summed E-state index contributed by atoms with van der Waals surface area (Å²) in [6.07, 6.45) is 1.05. The zero-order valence-electron chi connectivity index (χ0n) is 8.20. The van der Waals surface area contributed by atoms with Crippen LogP contribution in [0, 0.1) is 5.92 Å². The molecule has 1 rings (SSSR count). The Hall–Kier alpha value is -0.130. The largest absolute Gasteiger partial charge is 0.468 e. The molecule has 1 fully saturated rings. The van der Waals surface area contributed by atoms with Crippen LogP contribution < -0.4 is 0 Å². The lowest BCUT2D eigenvalue weighted by Gasteiger charge is -2.11. The Morgan fingerprint density at radius 3 is 3.07 bits per heavy atom. The maximum atomic E-state index is 11.0. The zero-order chi connectivity index (χ0) is 10.4. The van der Waals surface area contributed by atoms with E-state index in [-0.39, 0.29) is 10.8 Å². The van der Waals surface area contributed by atoms with Crippen molar-refractivity contribution in [2.45, 2.75) is 11.2 Å². The normalized spacial score (nSPS) is 23.4. The van der Waals surface area contributed by atoms with E-state index in [2.05, 4.69) is 20.7 Å². The van der Waals surface area contributed by atoms with E-state index in [1.165, 1.54) is 7.11 Å². The lowest BCUT2D eigenvalue weighted by molar-refractivity contribution is -0.141. The summed E-state index contributed by atoms with van der Waals surface area (Å²) in [5.74, 6) is 0.181. The van der Waals surface area contributed by atoms with Crippen LogP contribution in [0.15, 0.2) is 0 Å². The van der Waals surface area contributed by atoms with E-state index in [9.17, 15) is 4.79 Å². The van der Waals surface area contributed by atoms with Crippen LogP contribution in [-0.2, 0) is 19.0 Å². The highest BCUT2D eigenvalue weighted by Gasteiger charge is 2.18. The van der Waals surface area contributed by atoms with Gasteiger partial charge >= 0.3 is 5.97 Å². The smallest absolute Gasteiger partial charge is 0.321 e. The highest BCUT2D eigenvalue weighted by molar-refractivity contribution is 9.10. The standard InChI is InChI=1S/C9H15BrO4/c1-12-9(11)8(10)6-14-5-7-2-3-13-4-7/h7-8H,2-6H2,1H3. The van der Waals surface area contributed by atoms with Gasteiger partial charge in [-0.05, 0) is 6.42 Å². The summed E-state index contributed by atoms with van der Waals surface area (Å²) in [6, 6.07) is 0. The molecule has 2 atom stereocenters. The van der Waals surface area contributed by atoms with Gasteiger partial charge in [0.1, 0.15) is 4.83 Å². The minimum absolute atomic E-state index is 0.298. The number of rotatable bonds is 5. The second-order valence-electron chi connectivity index (χ2n) is 3.26. The summed E-state index contributed by atoms with van der Waals surface area (Å²) in [7, 11) is 1.36. The Morgan fingerprint density at radius 2 is 2.50 bits per heavy atom. The molecule has 0 aromatic carbocycles. The third-order valence-corrected chi connectivity index (χ3v) is 2.74. The number of carbonyl (C=O) groups is 1. The van der Waals surface area contributed by atoms with Gasteiger partial charge in [0.25, 0.3) is 0 Å². The van der Waals surface area contributed by atoms with E-state index < -0.39 is 0 Å². The summed E-state index contributed by atoms with van der Waals surface area (Å²) >= 11 is 3.18. The molecule has 0 aliphatic carbocycles. The van der Waals surface area contributed by atoms with Gasteiger partial charge in [-0.1, -0.05) is 15.9 Å². The van der Waals surface area contributed by atoms with Gasteiger partial charge in [-0.25, -0.2) is 0 Å². The van der Waals surface area contributed by atoms with Gasteiger partial charge in [0.2, 0.25) is 0 Å².